The van der Waals surface area contributed by atoms with Crippen LogP contribution < -0.4 is 5.32 Å². The molecule has 7 heteroatoms. The fourth-order valence-corrected chi connectivity index (χ4v) is 1.92. The van der Waals surface area contributed by atoms with Crippen LogP contribution in [0.2, 0.25) is 5.15 Å². The van der Waals surface area contributed by atoms with Gasteiger partial charge < -0.3 is 5.32 Å². The van der Waals surface area contributed by atoms with Gasteiger partial charge in [0.1, 0.15) is 11.5 Å². The Hall–Kier alpha value is -2.60. The van der Waals surface area contributed by atoms with E-state index in [1.807, 2.05) is 6.07 Å². The minimum atomic E-state index is -0.540. The van der Waals surface area contributed by atoms with Crippen molar-refractivity contribution in [2.45, 2.75) is 0 Å². The Labute approximate surface area is 123 Å². The number of para-hydroxylation sites is 2. The molecule has 0 unspecified atom stereocenters. The van der Waals surface area contributed by atoms with Crippen molar-refractivity contribution in [1.82, 2.24) is 15.0 Å². The molecular weight excluding hydrogens is 295 g/mol. The number of hydrogen-bond acceptors (Lipinski definition) is 4. The summed E-state index contributed by atoms with van der Waals surface area (Å²) in [7, 11) is 0. The monoisotopic (exact) mass is 302 g/mol. The van der Waals surface area contributed by atoms with Crippen molar-refractivity contribution in [1.29, 1.82) is 0 Å². The largest absolute Gasteiger partial charge is 0.303 e. The summed E-state index contributed by atoms with van der Waals surface area (Å²) in [5.41, 5.74) is 1.28. The molecule has 21 heavy (non-hydrogen) atoms. The van der Waals surface area contributed by atoms with Gasteiger partial charge in [0, 0.05) is 0 Å². The molecule has 1 amide bonds. The summed E-state index contributed by atoms with van der Waals surface area (Å²) in [6.45, 7) is 0. The summed E-state index contributed by atoms with van der Waals surface area (Å²) < 4.78 is 12.8. The number of pyridine rings is 1. The Balaban J connectivity index is 1.92. The van der Waals surface area contributed by atoms with Gasteiger partial charge >= 0.3 is 0 Å². The number of fused-ring (bicyclic) bond motifs is 1. The number of nitrogens with zero attached hydrogens (tertiary/aromatic N) is 3. The van der Waals surface area contributed by atoms with E-state index in [9.17, 15) is 9.18 Å². The molecule has 104 valence electrons. The smallest absolute Gasteiger partial charge is 0.275 e. The topological polar surface area (TPSA) is 67.8 Å². The second kappa shape index (κ2) is 5.41. The summed E-state index contributed by atoms with van der Waals surface area (Å²) >= 11 is 5.99. The van der Waals surface area contributed by atoms with Gasteiger partial charge in [0.05, 0.1) is 17.2 Å². The number of amides is 1. The molecule has 1 N–H and O–H groups in total. The number of rotatable bonds is 2. The number of carbonyl (C=O) groups is 1. The number of halogens is 2. The van der Waals surface area contributed by atoms with Crippen LogP contribution >= 0.6 is 11.6 Å². The maximum Gasteiger partial charge on any atom is 0.275 e. The molecule has 5 nitrogen and oxygen atoms in total. The molecule has 0 aliphatic rings. The quantitative estimate of drug-likeness (QED) is 0.790. The summed E-state index contributed by atoms with van der Waals surface area (Å²) in [4.78, 5) is 24.1. The van der Waals surface area contributed by atoms with Crippen LogP contribution in [-0.4, -0.2) is 20.9 Å². The van der Waals surface area contributed by atoms with Gasteiger partial charge in [-0.3, -0.25) is 4.79 Å². The van der Waals surface area contributed by atoms with Crippen LogP contribution in [0.5, 0.6) is 0 Å². The van der Waals surface area contributed by atoms with Crippen LogP contribution in [0, 0.1) is 5.82 Å². The van der Waals surface area contributed by atoms with Gasteiger partial charge in [0.15, 0.2) is 11.0 Å². The van der Waals surface area contributed by atoms with Crippen molar-refractivity contribution in [2.75, 3.05) is 5.32 Å². The number of hydrogen-bond donors (Lipinski definition) is 1. The lowest BCUT2D eigenvalue weighted by molar-refractivity contribution is 0.102. The summed E-state index contributed by atoms with van der Waals surface area (Å²) in [5.74, 6) is -0.928. The third-order valence-corrected chi connectivity index (χ3v) is 2.98. The van der Waals surface area contributed by atoms with E-state index in [1.54, 1.807) is 18.2 Å². The van der Waals surface area contributed by atoms with Gasteiger partial charge in [-0.05, 0) is 24.3 Å². The average molecular weight is 303 g/mol. The Morgan fingerprint density at radius 1 is 1.10 bits per heavy atom. The highest BCUT2D eigenvalue weighted by Gasteiger charge is 2.13. The molecule has 0 aliphatic carbocycles. The predicted octanol–water partition coefficient (Wildman–Crippen LogP) is 3.07. The van der Waals surface area contributed by atoms with Crippen LogP contribution in [-0.2, 0) is 0 Å². The Kier molecular flexibility index (Phi) is 3.45. The van der Waals surface area contributed by atoms with Crippen LogP contribution in [0.25, 0.3) is 11.0 Å². The minimum Gasteiger partial charge on any atom is -0.303 e. The fourth-order valence-electron chi connectivity index (χ4n) is 1.74. The van der Waals surface area contributed by atoms with Crippen LogP contribution in [0.4, 0.5) is 10.2 Å². The maximum absolute atomic E-state index is 12.8. The number of carbonyl (C=O) groups excluding carboxylic acids is 1. The third-order valence-electron chi connectivity index (χ3n) is 2.72. The zero-order valence-electron chi connectivity index (χ0n) is 10.5. The van der Waals surface area contributed by atoms with Crippen molar-refractivity contribution >= 4 is 34.4 Å². The number of anilines is 1. The first kappa shape index (κ1) is 13.4. The van der Waals surface area contributed by atoms with Gasteiger partial charge in [0.25, 0.3) is 5.91 Å². The SMILES string of the molecule is O=C(Nc1nc2ccccc2nc1Cl)c1ccc(F)cn1. The average Bonchev–Trinajstić information content (AvgIpc) is 2.48. The fraction of sp³-hybridized carbons (Fsp3) is 0. The molecule has 0 atom stereocenters. The molecule has 0 bridgehead atoms. The molecule has 0 saturated heterocycles. The number of benzene rings is 1. The molecule has 1 aromatic carbocycles. The highest BCUT2D eigenvalue weighted by Crippen LogP contribution is 2.21. The molecule has 0 aliphatic heterocycles. The van der Waals surface area contributed by atoms with E-state index >= 15 is 0 Å². The molecule has 0 fully saturated rings. The molecule has 0 saturated carbocycles. The molecule has 3 rings (SSSR count). The number of aromatic nitrogens is 3. The van der Waals surface area contributed by atoms with E-state index in [0.717, 1.165) is 12.3 Å². The molecule has 2 aromatic heterocycles. The van der Waals surface area contributed by atoms with Gasteiger partial charge in [-0.15, -0.1) is 0 Å². The van der Waals surface area contributed by atoms with E-state index in [-0.39, 0.29) is 16.7 Å². The third kappa shape index (κ3) is 2.80. The predicted molar refractivity (Wildman–Crippen MR) is 76.7 cm³/mol. The first-order chi connectivity index (χ1) is 10.1. The lowest BCUT2D eigenvalue weighted by atomic mass is 10.3. The number of nitrogens with one attached hydrogen (secondary N) is 1. The van der Waals surface area contributed by atoms with Gasteiger partial charge in [0.2, 0.25) is 0 Å². The lowest BCUT2D eigenvalue weighted by Gasteiger charge is -2.06. The van der Waals surface area contributed by atoms with E-state index < -0.39 is 11.7 Å². The van der Waals surface area contributed by atoms with Crippen molar-refractivity contribution in [3.05, 3.63) is 59.3 Å². The highest BCUT2D eigenvalue weighted by molar-refractivity contribution is 6.32. The minimum absolute atomic E-state index is 0.0578. The van der Waals surface area contributed by atoms with E-state index in [2.05, 4.69) is 20.3 Å². The van der Waals surface area contributed by atoms with Crippen LogP contribution in [0.3, 0.4) is 0 Å². The Morgan fingerprint density at radius 3 is 2.48 bits per heavy atom. The summed E-state index contributed by atoms with van der Waals surface area (Å²) in [6.07, 6.45) is 0.961. The van der Waals surface area contributed by atoms with Crippen LogP contribution in [0.1, 0.15) is 10.5 Å². The van der Waals surface area contributed by atoms with Crippen molar-refractivity contribution < 1.29 is 9.18 Å². The van der Waals surface area contributed by atoms with Gasteiger partial charge in [-0.2, -0.15) is 0 Å². The molecule has 0 radical (unpaired) electrons. The zero-order valence-corrected chi connectivity index (χ0v) is 11.3. The van der Waals surface area contributed by atoms with Gasteiger partial charge in [-0.25, -0.2) is 19.3 Å². The zero-order chi connectivity index (χ0) is 14.8. The van der Waals surface area contributed by atoms with E-state index in [0.29, 0.717) is 11.0 Å². The van der Waals surface area contributed by atoms with Crippen molar-refractivity contribution in [3.8, 4) is 0 Å². The standard InChI is InChI=1S/C14H8ClFN4O/c15-12-13(19-10-4-2-1-3-9(10)18-12)20-14(21)11-6-5-8(16)7-17-11/h1-7H,(H,19,20,21). The van der Waals surface area contributed by atoms with Crippen LogP contribution in [0.15, 0.2) is 42.6 Å². The maximum atomic E-state index is 12.8. The summed E-state index contributed by atoms with van der Waals surface area (Å²) in [5, 5.41) is 2.58. The Morgan fingerprint density at radius 2 is 1.81 bits per heavy atom. The van der Waals surface area contributed by atoms with E-state index in [1.165, 1.54) is 6.07 Å². The lowest BCUT2D eigenvalue weighted by Crippen LogP contribution is -2.15. The molecule has 2 heterocycles. The second-order valence-electron chi connectivity index (χ2n) is 4.17. The highest BCUT2D eigenvalue weighted by atomic mass is 35.5. The van der Waals surface area contributed by atoms with Crippen molar-refractivity contribution in [2.24, 2.45) is 0 Å². The molecular formula is C14H8ClFN4O. The second-order valence-corrected chi connectivity index (χ2v) is 4.53. The van der Waals surface area contributed by atoms with E-state index in [4.69, 9.17) is 11.6 Å². The molecule has 0 spiro atoms. The Bertz CT molecular complexity index is 823. The summed E-state index contributed by atoms with van der Waals surface area (Å²) in [6, 6.07) is 9.56. The normalized spacial score (nSPS) is 10.6. The first-order valence-electron chi connectivity index (χ1n) is 5.99. The van der Waals surface area contributed by atoms with Gasteiger partial charge in [-0.1, -0.05) is 23.7 Å². The molecule has 3 aromatic rings. The van der Waals surface area contributed by atoms with Crippen molar-refractivity contribution in [3.63, 3.8) is 0 Å². The first-order valence-corrected chi connectivity index (χ1v) is 6.36.